The maximum atomic E-state index is 13.8. The van der Waals surface area contributed by atoms with E-state index in [9.17, 15) is 141 Å². The largest absolute Gasteiger partial charge is 0.791 e. The van der Waals surface area contributed by atoms with Crippen molar-refractivity contribution in [3.8, 4) is 0 Å². The third-order valence-corrected chi connectivity index (χ3v) is 7.40. The topological polar surface area (TPSA) is 40.1 Å². The van der Waals surface area contributed by atoms with Crippen LogP contribution in [-0.4, -0.2) is 82.9 Å². The number of halogens is 30. The van der Waals surface area contributed by atoms with Crippen LogP contribution in [0.1, 0.15) is 0 Å². The summed E-state index contributed by atoms with van der Waals surface area (Å²) in [7, 11) is -11.2. The average molecular weight is 801 g/mol. The van der Waals surface area contributed by atoms with Gasteiger partial charge in [-0.15, -0.1) is 0 Å². The van der Waals surface area contributed by atoms with Crippen LogP contribution in [0.25, 0.3) is 0 Å². The smallest absolute Gasteiger partial charge is 0.460 e. The van der Waals surface area contributed by atoms with Gasteiger partial charge in [0.25, 0.3) is 0 Å². The van der Waals surface area contributed by atoms with Crippen LogP contribution in [0.3, 0.4) is 0 Å². The Morgan fingerprint density at radius 2 is 0.383 bits per heavy atom. The Labute approximate surface area is 233 Å². The first-order chi connectivity index (χ1) is 19.5. The van der Waals surface area contributed by atoms with Gasteiger partial charge >= 0.3 is 82.9 Å². The van der Waals surface area contributed by atoms with Gasteiger partial charge in [0, 0.05) is 0 Å². The molecular weight excluding hydrogens is 801 g/mol. The van der Waals surface area contributed by atoms with Crippen molar-refractivity contribution >= 4 is 7.37 Å². The zero-order chi connectivity index (χ0) is 39.5. The molecule has 0 spiro atoms. The molecule has 0 aliphatic heterocycles. The molecular formula is C14F30O2P-. The molecule has 284 valence electrons. The predicted molar refractivity (Wildman–Crippen MR) is 79.1 cm³/mol. The molecule has 0 aromatic rings. The van der Waals surface area contributed by atoms with Gasteiger partial charge in [-0.2, -0.15) is 132 Å². The van der Waals surface area contributed by atoms with Crippen LogP contribution in [0.15, 0.2) is 0 Å². The zero-order valence-electron chi connectivity index (χ0n) is 19.6. The molecule has 47 heavy (non-hydrogen) atoms. The molecule has 0 aliphatic rings. The van der Waals surface area contributed by atoms with E-state index in [1.807, 2.05) is 0 Å². The molecule has 0 amide bonds. The van der Waals surface area contributed by atoms with Crippen LogP contribution >= 0.6 is 7.37 Å². The first kappa shape index (κ1) is 45.1. The molecule has 0 aromatic heterocycles. The average Bonchev–Trinajstić information content (AvgIpc) is 2.80. The highest BCUT2D eigenvalue weighted by molar-refractivity contribution is 7.59. The van der Waals surface area contributed by atoms with E-state index in [1.165, 1.54) is 0 Å². The fraction of sp³-hybridized carbons (Fsp3) is 1.00. The first-order valence-corrected chi connectivity index (χ1v) is 11.1. The molecule has 1 atom stereocenters. The maximum Gasteiger partial charge on any atom is 0.460 e. The van der Waals surface area contributed by atoms with Gasteiger partial charge < -0.3 is 9.46 Å². The first-order valence-electron chi connectivity index (χ1n) is 9.48. The summed E-state index contributed by atoms with van der Waals surface area (Å²) in [5.74, 6) is -94.6. The molecule has 0 N–H and O–H groups in total. The van der Waals surface area contributed by atoms with Crippen LogP contribution in [-0.2, 0) is 4.57 Å². The van der Waals surface area contributed by atoms with Gasteiger partial charge in [0.05, 0.1) is 0 Å². The Morgan fingerprint density at radius 3 is 0.532 bits per heavy atom. The van der Waals surface area contributed by atoms with Crippen molar-refractivity contribution in [3.63, 3.8) is 0 Å². The minimum absolute atomic E-state index is 8.31. The molecule has 0 saturated heterocycles. The van der Waals surface area contributed by atoms with Gasteiger partial charge in [-0.05, 0) is 0 Å². The van der Waals surface area contributed by atoms with E-state index in [-0.39, 0.29) is 0 Å². The fourth-order valence-electron chi connectivity index (χ4n) is 2.46. The number of hydrogen-bond acceptors (Lipinski definition) is 2. The van der Waals surface area contributed by atoms with E-state index in [4.69, 9.17) is 0 Å². The molecule has 0 heterocycles. The fourth-order valence-corrected chi connectivity index (χ4v) is 3.84. The highest BCUT2D eigenvalue weighted by Crippen LogP contribution is 2.77. The van der Waals surface area contributed by atoms with Crippen molar-refractivity contribution in [2.45, 2.75) is 82.9 Å². The SMILES string of the molecule is O=P([O-])(C(F)(F)C(F)(F)C(F)(F)C(F)(F)C(F)(F)C(F)(F)F)C(F)(F)C(F)(F)C(F)(F)C(F)(F)C(F)(F)C(F)(F)C(F)(F)C(F)(F)F. The highest BCUT2D eigenvalue weighted by atomic mass is 31.2. The molecule has 0 aliphatic carbocycles. The Balaban J connectivity index is 7.64. The number of hydrogen-bond donors (Lipinski definition) is 0. The molecule has 0 aromatic carbocycles. The minimum Gasteiger partial charge on any atom is -0.791 e. The highest BCUT2D eigenvalue weighted by Gasteiger charge is 2.98. The molecule has 0 radical (unpaired) electrons. The van der Waals surface area contributed by atoms with Crippen LogP contribution < -0.4 is 4.89 Å². The lowest BCUT2D eigenvalue weighted by atomic mass is 9.91. The van der Waals surface area contributed by atoms with Crippen molar-refractivity contribution in [2.75, 3.05) is 0 Å². The normalized spacial score (nSPS) is 18.4. The Morgan fingerprint density at radius 1 is 0.255 bits per heavy atom. The summed E-state index contributed by atoms with van der Waals surface area (Å²) in [5.41, 5.74) is -19.5. The minimum atomic E-state index is -11.2. The van der Waals surface area contributed by atoms with Crippen molar-refractivity contribution < 1.29 is 141 Å². The van der Waals surface area contributed by atoms with Gasteiger partial charge in [-0.3, -0.25) is 0 Å². The van der Waals surface area contributed by atoms with Crippen molar-refractivity contribution in [1.82, 2.24) is 0 Å². The Hall–Kier alpha value is -1.91. The predicted octanol–water partition coefficient (Wildman–Crippen LogP) is 9.29. The van der Waals surface area contributed by atoms with E-state index in [1.54, 1.807) is 0 Å². The summed E-state index contributed by atoms with van der Waals surface area (Å²) in [6.45, 7) is 0. The van der Waals surface area contributed by atoms with Gasteiger partial charge in [-0.25, -0.2) is 0 Å². The molecule has 0 saturated carbocycles. The standard InChI is InChI=1S/C14HF30O2P/c15-1(16,3(19,20)7(27,28)11(35,36)37)2(17,18)5(23,24)9(31,32)13(41,42)47(45,46)14(43,44)10(33,34)6(25,26)4(21,22)8(29,30)12(38,39)40/h(H,45,46)/p-1. The van der Waals surface area contributed by atoms with Gasteiger partial charge in [0.2, 0.25) is 0 Å². The van der Waals surface area contributed by atoms with Crippen LogP contribution in [0.4, 0.5) is 132 Å². The summed E-state index contributed by atoms with van der Waals surface area (Å²) in [6.07, 6.45) is -16.6. The second kappa shape index (κ2) is 10.5. The van der Waals surface area contributed by atoms with Gasteiger partial charge in [0.15, 0.2) is 7.37 Å². The molecule has 0 rings (SSSR count). The Bertz CT molecular complexity index is 1220. The second-order valence-corrected chi connectivity index (χ2v) is 10.6. The monoisotopic (exact) mass is 801 g/mol. The van der Waals surface area contributed by atoms with Gasteiger partial charge in [0.1, 0.15) is 0 Å². The van der Waals surface area contributed by atoms with Crippen molar-refractivity contribution in [2.24, 2.45) is 0 Å². The number of alkyl halides is 30. The Kier molecular flexibility index (Phi) is 10.1. The summed E-state index contributed by atoms with van der Waals surface area (Å²) in [6, 6.07) is 0. The summed E-state index contributed by atoms with van der Waals surface area (Å²) >= 11 is 0. The zero-order valence-corrected chi connectivity index (χ0v) is 20.5. The number of rotatable bonds is 12. The van der Waals surface area contributed by atoms with Crippen LogP contribution in [0.5, 0.6) is 0 Å². The lowest BCUT2D eigenvalue weighted by Crippen LogP contribution is -2.75. The summed E-state index contributed by atoms with van der Waals surface area (Å²) in [5, 5.41) is 0. The molecule has 2 nitrogen and oxygen atoms in total. The van der Waals surface area contributed by atoms with Crippen LogP contribution in [0.2, 0.25) is 0 Å². The third-order valence-electron chi connectivity index (χ3n) is 5.36. The van der Waals surface area contributed by atoms with Crippen molar-refractivity contribution in [1.29, 1.82) is 0 Å². The van der Waals surface area contributed by atoms with Crippen LogP contribution in [0, 0.1) is 0 Å². The molecule has 0 fully saturated rings. The summed E-state index contributed by atoms with van der Waals surface area (Å²) < 4.78 is 403. The second-order valence-electron chi connectivity index (χ2n) is 8.37. The molecule has 33 heteroatoms. The van der Waals surface area contributed by atoms with E-state index in [0.29, 0.717) is 0 Å². The van der Waals surface area contributed by atoms with E-state index < -0.39 is 90.3 Å². The maximum absolute atomic E-state index is 13.8. The quantitative estimate of drug-likeness (QED) is 0.146. The van der Waals surface area contributed by atoms with E-state index in [2.05, 4.69) is 0 Å². The summed E-state index contributed by atoms with van der Waals surface area (Å²) in [4.78, 5) is 11.1. The van der Waals surface area contributed by atoms with E-state index in [0.717, 1.165) is 0 Å². The molecule has 1 unspecified atom stereocenters. The lowest BCUT2D eigenvalue weighted by molar-refractivity contribution is -0.460. The van der Waals surface area contributed by atoms with Gasteiger partial charge in [-0.1, -0.05) is 0 Å². The lowest BCUT2D eigenvalue weighted by Gasteiger charge is -2.48. The van der Waals surface area contributed by atoms with E-state index >= 15 is 0 Å². The third kappa shape index (κ3) is 5.07. The molecule has 0 bridgehead atoms. The van der Waals surface area contributed by atoms with Crippen molar-refractivity contribution in [3.05, 3.63) is 0 Å².